The van der Waals surface area contributed by atoms with Crippen LogP contribution in [0.3, 0.4) is 0 Å². The number of aryl methyl sites for hydroxylation is 1. The Labute approximate surface area is 116 Å². The molecule has 2 rings (SSSR count). The van der Waals surface area contributed by atoms with Crippen LogP contribution in [-0.4, -0.2) is 0 Å². The van der Waals surface area contributed by atoms with E-state index in [1.165, 1.54) is 12.0 Å². The molecular formula is C15H17BrN2. The molecule has 0 radical (unpaired) electrons. The van der Waals surface area contributed by atoms with Crippen LogP contribution in [0.25, 0.3) is 0 Å². The average Bonchev–Trinajstić information content (AvgIpc) is 2.35. The number of hydrogen-bond acceptors (Lipinski definition) is 2. The molecule has 18 heavy (non-hydrogen) atoms. The van der Waals surface area contributed by atoms with Crippen molar-refractivity contribution in [2.45, 2.75) is 19.8 Å². The van der Waals surface area contributed by atoms with E-state index in [0.29, 0.717) is 0 Å². The number of rotatable bonds is 4. The fraction of sp³-hybridized carbons (Fsp3) is 0.200. The zero-order valence-corrected chi connectivity index (χ0v) is 12.0. The molecule has 94 valence electrons. The number of benzene rings is 2. The lowest BCUT2D eigenvalue weighted by Gasteiger charge is -2.10. The van der Waals surface area contributed by atoms with Gasteiger partial charge >= 0.3 is 0 Å². The van der Waals surface area contributed by atoms with Crippen molar-refractivity contribution in [3.63, 3.8) is 0 Å². The average molecular weight is 305 g/mol. The van der Waals surface area contributed by atoms with E-state index in [-0.39, 0.29) is 0 Å². The summed E-state index contributed by atoms with van der Waals surface area (Å²) < 4.78 is 0.990. The van der Waals surface area contributed by atoms with Crippen molar-refractivity contribution in [2.24, 2.45) is 0 Å². The number of halogens is 1. The standard InChI is InChI=1S/C15H17BrN2/c1-2-3-11-4-7-13(8-5-11)18-15-9-6-12(16)10-14(15)17/h4-10,18H,2-3,17H2,1H3. The summed E-state index contributed by atoms with van der Waals surface area (Å²) in [5, 5.41) is 3.32. The molecule has 0 aromatic heterocycles. The van der Waals surface area contributed by atoms with Crippen LogP contribution < -0.4 is 11.1 Å². The van der Waals surface area contributed by atoms with Crippen molar-refractivity contribution in [2.75, 3.05) is 11.1 Å². The quantitative estimate of drug-likeness (QED) is 0.802. The summed E-state index contributed by atoms with van der Waals surface area (Å²) in [6, 6.07) is 14.3. The van der Waals surface area contributed by atoms with E-state index in [2.05, 4.69) is 52.4 Å². The van der Waals surface area contributed by atoms with Crippen LogP contribution in [0.2, 0.25) is 0 Å². The van der Waals surface area contributed by atoms with Crippen molar-refractivity contribution in [1.29, 1.82) is 0 Å². The van der Waals surface area contributed by atoms with Crippen molar-refractivity contribution < 1.29 is 0 Å². The Bertz CT molecular complexity index is 521. The summed E-state index contributed by atoms with van der Waals surface area (Å²) in [5.74, 6) is 0. The predicted octanol–water partition coefficient (Wildman–Crippen LogP) is 4.73. The van der Waals surface area contributed by atoms with Gasteiger partial charge in [0.15, 0.2) is 0 Å². The van der Waals surface area contributed by atoms with Crippen LogP contribution in [0.4, 0.5) is 17.1 Å². The molecule has 2 aromatic rings. The molecule has 0 fully saturated rings. The van der Waals surface area contributed by atoms with Gasteiger partial charge in [0.2, 0.25) is 0 Å². The monoisotopic (exact) mass is 304 g/mol. The van der Waals surface area contributed by atoms with E-state index >= 15 is 0 Å². The van der Waals surface area contributed by atoms with Crippen LogP contribution in [0.5, 0.6) is 0 Å². The molecule has 0 saturated carbocycles. The maximum Gasteiger partial charge on any atom is 0.0618 e. The second-order valence-corrected chi connectivity index (χ2v) is 5.22. The first-order chi connectivity index (χ1) is 8.69. The Kier molecular flexibility index (Phi) is 4.26. The highest BCUT2D eigenvalue weighted by Gasteiger charge is 2.00. The molecule has 0 aliphatic carbocycles. The zero-order chi connectivity index (χ0) is 13.0. The molecule has 0 amide bonds. The first-order valence-corrected chi connectivity index (χ1v) is 6.89. The molecule has 2 aromatic carbocycles. The van der Waals surface area contributed by atoms with Gasteiger partial charge in [-0.3, -0.25) is 0 Å². The molecular weight excluding hydrogens is 288 g/mol. The van der Waals surface area contributed by atoms with Gasteiger partial charge in [-0.05, 0) is 42.3 Å². The van der Waals surface area contributed by atoms with Gasteiger partial charge < -0.3 is 11.1 Å². The lowest BCUT2D eigenvalue weighted by atomic mass is 10.1. The first kappa shape index (κ1) is 13.0. The Morgan fingerprint density at radius 2 is 1.83 bits per heavy atom. The molecule has 0 bridgehead atoms. The summed E-state index contributed by atoms with van der Waals surface area (Å²) in [6.07, 6.45) is 2.30. The number of nitrogens with two attached hydrogens (primary N) is 1. The smallest absolute Gasteiger partial charge is 0.0618 e. The van der Waals surface area contributed by atoms with Gasteiger partial charge in [-0.2, -0.15) is 0 Å². The molecule has 0 heterocycles. The Hall–Kier alpha value is -1.48. The number of nitrogen functional groups attached to an aromatic ring is 1. The van der Waals surface area contributed by atoms with Crippen LogP contribution in [0, 0.1) is 0 Å². The normalized spacial score (nSPS) is 10.3. The maximum atomic E-state index is 5.95. The molecule has 3 heteroatoms. The summed E-state index contributed by atoms with van der Waals surface area (Å²) in [7, 11) is 0. The molecule has 2 nitrogen and oxygen atoms in total. The predicted molar refractivity (Wildman–Crippen MR) is 82.3 cm³/mol. The van der Waals surface area contributed by atoms with Gasteiger partial charge in [0, 0.05) is 10.2 Å². The second-order valence-electron chi connectivity index (χ2n) is 4.30. The topological polar surface area (TPSA) is 38.0 Å². The van der Waals surface area contributed by atoms with Gasteiger partial charge in [0.05, 0.1) is 11.4 Å². The zero-order valence-electron chi connectivity index (χ0n) is 10.4. The minimum atomic E-state index is 0.738. The number of anilines is 3. The van der Waals surface area contributed by atoms with E-state index in [9.17, 15) is 0 Å². The third kappa shape index (κ3) is 3.26. The molecule has 0 aliphatic rings. The van der Waals surface area contributed by atoms with E-state index in [1.807, 2.05) is 18.2 Å². The summed E-state index contributed by atoms with van der Waals surface area (Å²) in [6.45, 7) is 2.19. The highest BCUT2D eigenvalue weighted by molar-refractivity contribution is 9.10. The van der Waals surface area contributed by atoms with Crippen LogP contribution >= 0.6 is 15.9 Å². The molecule has 0 aliphatic heterocycles. The van der Waals surface area contributed by atoms with E-state index in [1.54, 1.807) is 0 Å². The third-order valence-corrected chi connectivity index (χ3v) is 3.28. The molecule has 3 N–H and O–H groups in total. The SMILES string of the molecule is CCCc1ccc(Nc2ccc(Br)cc2N)cc1. The maximum absolute atomic E-state index is 5.95. The third-order valence-electron chi connectivity index (χ3n) is 2.79. The summed E-state index contributed by atoms with van der Waals surface area (Å²) in [4.78, 5) is 0. The van der Waals surface area contributed by atoms with Gasteiger partial charge in [-0.25, -0.2) is 0 Å². The van der Waals surface area contributed by atoms with Gasteiger partial charge in [0.25, 0.3) is 0 Å². The Morgan fingerprint density at radius 1 is 1.11 bits per heavy atom. The van der Waals surface area contributed by atoms with Crippen molar-refractivity contribution in [3.8, 4) is 0 Å². The fourth-order valence-electron chi connectivity index (χ4n) is 1.85. The van der Waals surface area contributed by atoms with Crippen molar-refractivity contribution in [1.82, 2.24) is 0 Å². The van der Waals surface area contributed by atoms with E-state index in [4.69, 9.17) is 5.73 Å². The van der Waals surface area contributed by atoms with Crippen molar-refractivity contribution in [3.05, 3.63) is 52.5 Å². The van der Waals surface area contributed by atoms with Gasteiger partial charge in [-0.15, -0.1) is 0 Å². The molecule has 0 saturated heterocycles. The van der Waals surface area contributed by atoms with Crippen molar-refractivity contribution >= 4 is 33.0 Å². The van der Waals surface area contributed by atoms with Crippen LogP contribution in [0.1, 0.15) is 18.9 Å². The minimum Gasteiger partial charge on any atom is -0.397 e. The van der Waals surface area contributed by atoms with Crippen LogP contribution in [-0.2, 0) is 6.42 Å². The Balaban J connectivity index is 2.13. The molecule has 0 unspecified atom stereocenters. The van der Waals surface area contributed by atoms with E-state index in [0.717, 1.165) is 28.0 Å². The Morgan fingerprint density at radius 3 is 2.44 bits per heavy atom. The second kappa shape index (κ2) is 5.91. The highest BCUT2D eigenvalue weighted by Crippen LogP contribution is 2.26. The fourth-order valence-corrected chi connectivity index (χ4v) is 2.23. The summed E-state index contributed by atoms with van der Waals surface area (Å²) >= 11 is 3.40. The van der Waals surface area contributed by atoms with Crippen LogP contribution in [0.15, 0.2) is 46.9 Å². The van der Waals surface area contributed by atoms with Gasteiger partial charge in [-0.1, -0.05) is 41.4 Å². The summed E-state index contributed by atoms with van der Waals surface area (Å²) in [5.41, 5.74) is 10.1. The highest BCUT2D eigenvalue weighted by atomic mass is 79.9. The number of hydrogen-bond donors (Lipinski definition) is 2. The largest absolute Gasteiger partial charge is 0.397 e. The first-order valence-electron chi connectivity index (χ1n) is 6.10. The van der Waals surface area contributed by atoms with Gasteiger partial charge in [0.1, 0.15) is 0 Å². The molecule has 0 spiro atoms. The minimum absolute atomic E-state index is 0.738. The lowest BCUT2D eigenvalue weighted by molar-refractivity contribution is 0.922. The lowest BCUT2D eigenvalue weighted by Crippen LogP contribution is -1.96. The number of nitrogens with one attached hydrogen (secondary N) is 1. The molecule has 0 atom stereocenters. The van der Waals surface area contributed by atoms with E-state index < -0.39 is 0 Å².